The van der Waals surface area contributed by atoms with Crippen molar-refractivity contribution < 1.29 is 8.78 Å². The maximum absolute atomic E-state index is 13.7. The Kier molecular flexibility index (Phi) is 3.14. The van der Waals surface area contributed by atoms with Gasteiger partial charge >= 0.3 is 0 Å². The molecule has 4 heteroatoms. The van der Waals surface area contributed by atoms with Gasteiger partial charge in [-0.3, -0.25) is 0 Å². The normalized spacial score (nSPS) is 10.9. The van der Waals surface area contributed by atoms with Crippen LogP contribution in [0.3, 0.4) is 0 Å². The van der Waals surface area contributed by atoms with E-state index >= 15 is 0 Å². The number of H-pyrrole nitrogens is 1. The van der Waals surface area contributed by atoms with Gasteiger partial charge in [-0.1, -0.05) is 18.2 Å². The van der Waals surface area contributed by atoms with Crippen LogP contribution in [0.4, 0.5) is 14.5 Å². The molecule has 3 aromatic rings. The number of nitrogens with one attached hydrogen (secondary N) is 2. The smallest absolute Gasteiger partial charge is 0.146 e. The van der Waals surface area contributed by atoms with E-state index in [1.165, 1.54) is 12.1 Å². The van der Waals surface area contributed by atoms with Gasteiger partial charge in [0.1, 0.15) is 11.6 Å². The van der Waals surface area contributed by atoms with Crippen molar-refractivity contribution in [3.63, 3.8) is 0 Å². The molecule has 2 N–H and O–H groups in total. The average Bonchev–Trinajstić information content (AvgIpc) is 2.85. The third-order valence-corrected chi connectivity index (χ3v) is 3.39. The highest BCUT2D eigenvalue weighted by Crippen LogP contribution is 2.22. The van der Waals surface area contributed by atoms with E-state index in [1.54, 1.807) is 6.92 Å². The van der Waals surface area contributed by atoms with Crippen LogP contribution in [0.15, 0.2) is 42.6 Å². The van der Waals surface area contributed by atoms with Gasteiger partial charge in [0.15, 0.2) is 0 Å². The van der Waals surface area contributed by atoms with E-state index < -0.39 is 11.6 Å². The van der Waals surface area contributed by atoms with Crippen LogP contribution in [0, 0.1) is 18.6 Å². The molecule has 0 radical (unpaired) electrons. The number of halogens is 2. The van der Waals surface area contributed by atoms with Gasteiger partial charge in [0.2, 0.25) is 0 Å². The number of hydrogen-bond donors (Lipinski definition) is 2. The zero-order chi connectivity index (χ0) is 14.1. The van der Waals surface area contributed by atoms with Crippen LogP contribution in [0.2, 0.25) is 0 Å². The van der Waals surface area contributed by atoms with E-state index in [4.69, 9.17) is 0 Å². The first-order chi connectivity index (χ1) is 9.65. The molecular weight excluding hydrogens is 258 g/mol. The van der Waals surface area contributed by atoms with Gasteiger partial charge in [0.25, 0.3) is 0 Å². The lowest BCUT2D eigenvalue weighted by molar-refractivity contribution is 0.594. The van der Waals surface area contributed by atoms with E-state index in [0.29, 0.717) is 12.1 Å². The summed E-state index contributed by atoms with van der Waals surface area (Å²) in [7, 11) is 0. The number of anilines is 1. The van der Waals surface area contributed by atoms with Crippen LogP contribution >= 0.6 is 0 Å². The summed E-state index contributed by atoms with van der Waals surface area (Å²) in [5.41, 5.74) is 2.53. The Morgan fingerprint density at radius 2 is 1.90 bits per heavy atom. The van der Waals surface area contributed by atoms with Crippen molar-refractivity contribution in [3.8, 4) is 0 Å². The number of aryl methyl sites for hydroxylation is 1. The molecule has 0 saturated heterocycles. The summed E-state index contributed by atoms with van der Waals surface area (Å²) in [4.78, 5) is 3.15. The first-order valence-corrected chi connectivity index (χ1v) is 6.39. The van der Waals surface area contributed by atoms with Gasteiger partial charge in [-0.05, 0) is 30.2 Å². The highest BCUT2D eigenvalue weighted by molar-refractivity contribution is 5.83. The summed E-state index contributed by atoms with van der Waals surface area (Å²) in [5, 5.41) is 4.02. The Labute approximate surface area is 115 Å². The summed E-state index contributed by atoms with van der Waals surface area (Å²) >= 11 is 0. The number of rotatable bonds is 3. The largest absolute Gasteiger partial charge is 0.378 e. The predicted octanol–water partition coefficient (Wildman–Crippen LogP) is 4.37. The van der Waals surface area contributed by atoms with Crippen molar-refractivity contribution in [3.05, 3.63) is 65.4 Å². The number of fused-ring (bicyclic) bond motifs is 1. The van der Waals surface area contributed by atoms with Crippen molar-refractivity contribution >= 4 is 16.6 Å². The third-order valence-electron chi connectivity index (χ3n) is 3.39. The summed E-state index contributed by atoms with van der Waals surface area (Å²) < 4.78 is 27.2. The predicted molar refractivity (Wildman–Crippen MR) is 76.7 cm³/mol. The molecule has 0 atom stereocenters. The second-order valence-corrected chi connectivity index (χ2v) is 4.79. The molecule has 3 rings (SSSR count). The van der Waals surface area contributed by atoms with Crippen LogP contribution in [0.25, 0.3) is 10.9 Å². The zero-order valence-corrected chi connectivity index (χ0v) is 11.0. The van der Waals surface area contributed by atoms with Gasteiger partial charge in [-0.15, -0.1) is 0 Å². The van der Waals surface area contributed by atoms with Gasteiger partial charge in [-0.2, -0.15) is 0 Å². The Morgan fingerprint density at radius 1 is 1.10 bits per heavy atom. The third kappa shape index (κ3) is 2.25. The maximum atomic E-state index is 13.7. The lowest BCUT2D eigenvalue weighted by atomic mass is 10.1. The molecule has 2 aromatic carbocycles. The van der Waals surface area contributed by atoms with E-state index in [-0.39, 0.29) is 5.69 Å². The van der Waals surface area contributed by atoms with E-state index in [9.17, 15) is 8.78 Å². The molecule has 0 unspecified atom stereocenters. The zero-order valence-electron chi connectivity index (χ0n) is 11.0. The van der Waals surface area contributed by atoms with Crippen LogP contribution < -0.4 is 5.32 Å². The summed E-state index contributed by atoms with van der Waals surface area (Å²) in [5.74, 6) is -0.850. The number of para-hydroxylation sites is 1. The fourth-order valence-corrected chi connectivity index (χ4v) is 2.25. The van der Waals surface area contributed by atoms with Crippen molar-refractivity contribution in [2.24, 2.45) is 0 Å². The quantitative estimate of drug-likeness (QED) is 0.728. The van der Waals surface area contributed by atoms with Gasteiger partial charge < -0.3 is 10.3 Å². The van der Waals surface area contributed by atoms with Gasteiger partial charge in [-0.25, -0.2) is 8.78 Å². The van der Waals surface area contributed by atoms with Crippen LogP contribution in [0.1, 0.15) is 11.1 Å². The van der Waals surface area contributed by atoms with Crippen molar-refractivity contribution in [1.82, 2.24) is 4.98 Å². The number of benzene rings is 2. The highest BCUT2D eigenvalue weighted by atomic mass is 19.1. The Hall–Kier alpha value is -2.36. The van der Waals surface area contributed by atoms with Crippen molar-refractivity contribution in [2.75, 3.05) is 5.32 Å². The fraction of sp³-hybridized carbons (Fsp3) is 0.125. The minimum Gasteiger partial charge on any atom is -0.378 e. The number of hydrogen-bond acceptors (Lipinski definition) is 1. The first kappa shape index (κ1) is 12.7. The molecule has 1 heterocycles. The molecule has 0 amide bonds. The average molecular weight is 272 g/mol. The van der Waals surface area contributed by atoms with E-state index in [2.05, 4.69) is 10.3 Å². The second-order valence-electron chi connectivity index (χ2n) is 4.79. The first-order valence-electron chi connectivity index (χ1n) is 6.39. The van der Waals surface area contributed by atoms with Crippen LogP contribution in [-0.2, 0) is 6.54 Å². The Balaban J connectivity index is 1.85. The molecule has 0 aliphatic heterocycles. The van der Waals surface area contributed by atoms with E-state index in [0.717, 1.165) is 16.5 Å². The van der Waals surface area contributed by atoms with Gasteiger partial charge in [0, 0.05) is 29.7 Å². The summed E-state index contributed by atoms with van der Waals surface area (Å²) in [6.07, 6.45) is 1.88. The lowest BCUT2D eigenvalue weighted by Crippen LogP contribution is -2.02. The topological polar surface area (TPSA) is 27.8 Å². The molecule has 0 saturated carbocycles. The van der Waals surface area contributed by atoms with Crippen LogP contribution in [-0.4, -0.2) is 4.98 Å². The molecule has 0 fully saturated rings. The highest BCUT2D eigenvalue weighted by Gasteiger charge is 2.08. The van der Waals surface area contributed by atoms with Crippen molar-refractivity contribution in [1.29, 1.82) is 0 Å². The van der Waals surface area contributed by atoms with Gasteiger partial charge in [0.05, 0.1) is 5.69 Å². The molecule has 20 heavy (non-hydrogen) atoms. The minimum absolute atomic E-state index is 0.179. The number of aromatic amines is 1. The minimum atomic E-state index is -0.441. The SMILES string of the molecule is Cc1cc(F)c(NCc2c[nH]c3ccccc23)cc1F. The molecular formula is C16H14F2N2. The number of aromatic nitrogens is 1. The molecule has 1 aromatic heterocycles. The lowest BCUT2D eigenvalue weighted by Gasteiger charge is -2.08. The molecule has 0 spiro atoms. The monoisotopic (exact) mass is 272 g/mol. The fourth-order valence-electron chi connectivity index (χ4n) is 2.25. The Bertz CT molecular complexity index is 762. The Morgan fingerprint density at radius 3 is 2.75 bits per heavy atom. The molecule has 0 bridgehead atoms. The van der Waals surface area contributed by atoms with E-state index in [1.807, 2.05) is 30.5 Å². The van der Waals surface area contributed by atoms with Crippen molar-refractivity contribution in [2.45, 2.75) is 13.5 Å². The van der Waals surface area contributed by atoms with Crippen LogP contribution in [0.5, 0.6) is 0 Å². The molecule has 0 aliphatic rings. The molecule has 2 nitrogen and oxygen atoms in total. The summed E-state index contributed by atoms with van der Waals surface area (Å²) in [6.45, 7) is 1.98. The molecule has 102 valence electrons. The standard InChI is InChI=1S/C16H14F2N2/c1-10-6-14(18)16(7-13(10)17)20-9-11-8-19-15-5-3-2-4-12(11)15/h2-8,19-20H,9H2,1H3. The maximum Gasteiger partial charge on any atom is 0.146 e. The molecule has 0 aliphatic carbocycles. The summed E-state index contributed by atoms with van der Waals surface area (Å²) in [6, 6.07) is 10.3. The second kappa shape index (κ2) is 4.96.